The summed E-state index contributed by atoms with van der Waals surface area (Å²) in [6.07, 6.45) is 2.87. The van der Waals surface area contributed by atoms with E-state index >= 15 is 0 Å². The monoisotopic (exact) mass is 348 g/mol. The molecule has 2 unspecified atom stereocenters. The summed E-state index contributed by atoms with van der Waals surface area (Å²) in [7, 11) is 3.09. The first kappa shape index (κ1) is 17.5. The highest BCUT2D eigenvalue weighted by Gasteiger charge is 2.38. The minimum atomic E-state index is -0.237. The molecule has 0 aromatic heterocycles. The molecule has 3 rings (SSSR count). The molecule has 2 atom stereocenters. The van der Waals surface area contributed by atoms with Crippen molar-refractivity contribution >= 4 is 11.8 Å². The number of nitrogens with zero attached hydrogens (tertiary/aromatic N) is 1. The summed E-state index contributed by atoms with van der Waals surface area (Å²) in [6.45, 7) is 1.11. The van der Waals surface area contributed by atoms with Crippen molar-refractivity contribution in [3.63, 3.8) is 0 Å². The van der Waals surface area contributed by atoms with Gasteiger partial charge in [0.25, 0.3) is 0 Å². The Balaban J connectivity index is 1.72. The molecule has 0 saturated carbocycles. The van der Waals surface area contributed by atoms with Crippen LogP contribution in [0.4, 0.5) is 4.79 Å². The lowest BCUT2D eigenvalue weighted by Crippen LogP contribution is -2.46. The molecule has 7 heteroatoms. The molecule has 0 bridgehead atoms. The van der Waals surface area contributed by atoms with E-state index in [4.69, 9.17) is 14.2 Å². The van der Waals surface area contributed by atoms with E-state index in [9.17, 15) is 9.59 Å². The lowest BCUT2D eigenvalue weighted by Gasteiger charge is -2.34. The maximum atomic E-state index is 12.7. The Bertz CT molecular complexity index is 642. The van der Waals surface area contributed by atoms with Crippen molar-refractivity contribution in [2.45, 2.75) is 38.0 Å². The van der Waals surface area contributed by atoms with E-state index in [1.165, 1.54) is 7.11 Å². The van der Waals surface area contributed by atoms with Gasteiger partial charge in [-0.25, -0.2) is 4.79 Å². The van der Waals surface area contributed by atoms with Crippen LogP contribution in [-0.2, 0) is 4.74 Å². The maximum absolute atomic E-state index is 12.7. The molecule has 1 N–H and O–H groups in total. The van der Waals surface area contributed by atoms with Gasteiger partial charge in [-0.1, -0.05) is 0 Å². The fourth-order valence-corrected chi connectivity index (χ4v) is 3.38. The van der Waals surface area contributed by atoms with Crippen molar-refractivity contribution in [3.05, 3.63) is 23.8 Å². The topological polar surface area (TPSA) is 77.1 Å². The molecule has 2 fully saturated rings. The number of methoxy groups -OCH3 is 2. The summed E-state index contributed by atoms with van der Waals surface area (Å²) in [5.74, 6) is 1.05. The third-order valence-electron chi connectivity index (χ3n) is 4.71. The number of ether oxygens (including phenoxy) is 3. The SMILES string of the molecule is COc1ccc(C(=O)CC2CNC(=O)N2C2CCCCO2)cc1OC. The number of benzene rings is 1. The highest BCUT2D eigenvalue weighted by Crippen LogP contribution is 2.29. The molecule has 1 aromatic rings. The summed E-state index contributed by atoms with van der Waals surface area (Å²) in [5, 5.41) is 2.82. The number of hydrogen-bond acceptors (Lipinski definition) is 5. The van der Waals surface area contributed by atoms with Crippen LogP contribution in [0.1, 0.15) is 36.0 Å². The quantitative estimate of drug-likeness (QED) is 0.798. The number of urea groups is 1. The van der Waals surface area contributed by atoms with Crippen molar-refractivity contribution < 1.29 is 23.8 Å². The van der Waals surface area contributed by atoms with E-state index in [2.05, 4.69) is 5.32 Å². The highest BCUT2D eigenvalue weighted by atomic mass is 16.5. The number of hydrogen-bond donors (Lipinski definition) is 1. The summed E-state index contributed by atoms with van der Waals surface area (Å²) in [5.41, 5.74) is 0.543. The zero-order valence-corrected chi connectivity index (χ0v) is 14.6. The smallest absolute Gasteiger partial charge is 0.319 e. The minimum Gasteiger partial charge on any atom is -0.493 e. The van der Waals surface area contributed by atoms with E-state index in [0.29, 0.717) is 30.2 Å². The van der Waals surface area contributed by atoms with Crippen LogP contribution in [0, 0.1) is 0 Å². The molecule has 0 radical (unpaired) electrons. The summed E-state index contributed by atoms with van der Waals surface area (Å²) >= 11 is 0. The molecule has 1 aromatic carbocycles. The highest BCUT2D eigenvalue weighted by molar-refractivity contribution is 5.97. The first-order valence-corrected chi connectivity index (χ1v) is 8.57. The molecule has 2 amide bonds. The van der Waals surface area contributed by atoms with Gasteiger partial charge in [-0.05, 0) is 37.5 Å². The van der Waals surface area contributed by atoms with Gasteiger partial charge in [-0.2, -0.15) is 0 Å². The Morgan fingerprint density at radius 2 is 2.08 bits per heavy atom. The second-order valence-electron chi connectivity index (χ2n) is 6.27. The Kier molecular flexibility index (Phi) is 5.43. The van der Waals surface area contributed by atoms with E-state index in [0.717, 1.165) is 19.3 Å². The van der Waals surface area contributed by atoms with Crippen LogP contribution in [-0.4, -0.2) is 56.4 Å². The second kappa shape index (κ2) is 7.74. The van der Waals surface area contributed by atoms with Crippen LogP contribution >= 0.6 is 0 Å². The van der Waals surface area contributed by atoms with Crippen LogP contribution in [0.15, 0.2) is 18.2 Å². The van der Waals surface area contributed by atoms with Crippen LogP contribution in [0.3, 0.4) is 0 Å². The number of carbonyl (C=O) groups excluding carboxylic acids is 2. The molecule has 25 heavy (non-hydrogen) atoms. The predicted molar refractivity (Wildman–Crippen MR) is 91.1 cm³/mol. The van der Waals surface area contributed by atoms with Crippen molar-refractivity contribution in [2.75, 3.05) is 27.4 Å². The van der Waals surface area contributed by atoms with Gasteiger partial charge in [0.2, 0.25) is 0 Å². The van der Waals surface area contributed by atoms with Gasteiger partial charge in [0.15, 0.2) is 17.3 Å². The molecule has 2 aliphatic heterocycles. The zero-order valence-electron chi connectivity index (χ0n) is 14.6. The fourth-order valence-electron chi connectivity index (χ4n) is 3.38. The van der Waals surface area contributed by atoms with Gasteiger partial charge in [-0.3, -0.25) is 9.69 Å². The molecular weight excluding hydrogens is 324 g/mol. The molecule has 136 valence electrons. The van der Waals surface area contributed by atoms with E-state index in [1.807, 2.05) is 0 Å². The molecule has 0 spiro atoms. The van der Waals surface area contributed by atoms with Crippen molar-refractivity contribution in [1.82, 2.24) is 10.2 Å². The van der Waals surface area contributed by atoms with Gasteiger partial charge < -0.3 is 19.5 Å². The Hall–Kier alpha value is -2.28. The first-order valence-electron chi connectivity index (χ1n) is 8.57. The molecule has 0 aliphatic carbocycles. The zero-order chi connectivity index (χ0) is 17.8. The average Bonchev–Trinajstić information content (AvgIpc) is 3.01. The lowest BCUT2D eigenvalue weighted by atomic mass is 10.0. The van der Waals surface area contributed by atoms with E-state index in [-0.39, 0.29) is 30.5 Å². The lowest BCUT2D eigenvalue weighted by molar-refractivity contribution is -0.0708. The average molecular weight is 348 g/mol. The predicted octanol–water partition coefficient (Wildman–Crippen LogP) is 2.20. The van der Waals surface area contributed by atoms with Gasteiger partial charge in [0, 0.05) is 25.1 Å². The van der Waals surface area contributed by atoms with Gasteiger partial charge in [0.05, 0.1) is 20.3 Å². The molecule has 7 nitrogen and oxygen atoms in total. The normalized spacial score (nSPS) is 23.3. The third kappa shape index (κ3) is 3.71. The molecule has 2 saturated heterocycles. The van der Waals surface area contributed by atoms with Crippen LogP contribution in [0.25, 0.3) is 0 Å². The summed E-state index contributed by atoms with van der Waals surface area (Å²) in [6, 6.07) is 4.75. The Morgan fingerprint density at radius 1 is 1.28 bits per heavy atom. The number of rotatable bonds is 6. The molecule has 2 aliphatic rings. The number of amides is 2. The van der Waals surface area contributed by atoms with Crippen molar-refractivity contribution in [3.8, 4) is 11.5 Å². The van der Waals surface area contributed by atoms with E-state index < -0.39 is 0 Å². The number of Topliss-reactive ketones (excluding diaryl/α,β-unsaturated/α-hetero) is 1. The Morgan fingerprint density at radius 3 is 2.76 bits per heavy atom. The maximum Gasteiger partial charge on any atom is 0.319 e. The Labute approximate surface area is 147 Å². The van der Waals surface area contributed by atoms with Gasteiger partial charge in [-0.15, -0.1) is 0 Å². The van der Waals surface area contributed by atoms with Crippen LogP contribution in [0.2, 0.25) is 0 Å². The fraction of sp³-hybridized carbons (Fsp3) is 0.556. The van der Waals surface area contributed by atoms with Crippen molar-refractivity contribution in [1.29, 1.82) is 0 Å². The molecular formula is C18H24N2O5. The van der Waals surface area contributed by atoms with E-state index in [1.54, 1.807) is 30.2 Å². The second-order valence-corrected chi connectivity index (χ2v) is 6.27. The van der Waals surface area contributed by atoms with Crippen LogP contribution in [0.5, 0.6) is 11.5 Å². The van der Waals surface area contributed by atoms with Crippen molar-refractivity contribution in [2.24, 2.45) is 0 Å². The standard InChI is InChI=1S/C18H24N2O5/c1-23-15-7-6-12(9-16(15)24-2)14(21)10-13-11-19-18(22)20(13)17-5-3-4-8-25-17/h6-7,9,13,17H,3-5,8,10-11H2,1-2H3,(H,19,22). The van der Waals surface area contributed by atoms with Crippen LogP contribution < -0.4 is 14.8 Å². The number of carbonyl (C=O) groups is 2. The third-order valence-corrected chi connectivity index (χ3v) is 4.71. The largest absolute Gasteiger partial charge is 0.493 e. The summed E-state index contributed by atoms with van der Waals surface area (Å²) in [4.78, 5) is 26.6. The first-order chi connectivity index (χ1) is 12.1. The summed E-state index contributed by atoms with van der Waals surface area (Å²) < 4.78 is 16.2. The number of nitrogens with one attached hydrogen (secondary N) is 1. The van der Waals surface area contributed by atoms with Gasteiger partial charge in [0.1, 0.15) is 6.23 Å². The number of ketones is 1. The van der Waals surface area contributed by atoms with Gasteiger partial charge >= 0.3 is 6.03 Å². The minimum absolute atomic E-state index is 0.0386. The molecule has 2 heterocycles.